The Morgan fingerprint density at radius 2 is 1.64 bits per heavy atom. The standard InChI is InChI=1S/C19H27N3O2S/c1-2-20-11-13-22(14-12-20)19(24)16-7-3-4-8-17(16)25-15-18(23)21-9-5-6-10-21/h3-4,7-8H,2,5-6,9-15H2,1H3. The van der Waals surface area contributed by atoms with Gasteiger partial charge in [0, 0.05) is 44.2 Å². The summed E-state index contributed by atoms with van der Waals surface area (Å²) in [6, 6.07) is 7.69. The van der Waals surface area contributed by atoms with Gasteiger partial charge in [-0.25, -0.2) is 0 Å². The molecule has 0 aromatic heterocycles. The normalized spacial score (nSPS) is 18.6. The molecule has 0 saturated carbocycles. The quantitative estimate of drug-likeness (QED) is 0.754. The molecular formula is C19H27N3O2S. The van der Waals surface area contributed by atoms with E-state index in [1.807, 2.05) is 34.1 Å². The molecule has 0 aliphatic carbocycles. The summed E-state index contributed by atoms with van der Waals surface area (Å²) in [5.74, 6) is 0.683. The second-order valence-electron chi connectivity index (χ2n) is 6.60. The first-order chi connectivity index (χ1) is 12.2. The van der Waals surface area contributed by atoms with Crippen LogP contribution in [0.4, 0.5) is 0 Å². The number of amides is 2. The Hall–Kier alpha value is -1.53. The zero-order valence-corrected chi connectivity index (χ0v) is 15.8. The molecule has 2 saturated heterocycles. The van der Waals surface area contributed by atoms with Crippen LogP contribution in [0.2, 0.25) is 0 Å². The van der Waals surface area contributed by atoms with Gasteiger partial charge in [0.25, 0.3) is 5.91 Å². The van der Waals surface area contributed by atoms with Crippen LogP contribution in [0.25, 0.3) is 0 Å². The number of piperazine rings is 1. The van der Waals surface area contributed by atoms with Crippen molar-refractivity contribution in [3.8, 4) is 0 Å². The third kappa shape index (κ3) is 4.55. The van der Waals surface area contributed by atoms with Crippen LogP contribution in [0, 0.1) is 0 Å². The van der Waals surface area contributed by atoms with E-state index in [1.165, 1.54) is 11.8 Å². The van der Waals surface area contributed by atoms with Gasteiger partial charge in [0.05, 0.1) is 11.3 Å². The maximum absolute atomic E-state index is 12.9. The van der Waals surface area contributed by atoms with Gasteiger partial charge in [0.1, 0.15) is 0 Å². The number of hydrogen-bond acceptors (Lipinski definition) is 4. The number of nitrogens with zero attached hydrogens (tertiary/aromatic N) is 3. The lowest BCUT2D eigenvalue weighted by Gasteiger charge is -2.34. The van der Waals surface area contributed by atoms with Crippen molar-refractivity contribution in [3.05, 3.63) is 29.8 Å². The first-order valence-corrected chi connectivity index (χ1v) is 10.2. The number of hydrogen-bond donors (Lipinski definition) is 0. The number of benzene rings is 1. The molecule has 2 aliphatic heterocycles. The Bertz CT molecular complexity index is 608. The largest absolute Gasteiger partial charge is 0.342 e. The van der Waals surface area contributed by atoms with Crippen molar-refractivity contribution < 1.29 is 9.59 Å². The van der Waals surface area contributed by atoms with Crippen molar-refractivity contribution in [3.63, 3.8) is 0 Å². The van der Waals surface area contributed by atoms with Gasteiger partial charge in [0.15, 0.2) is 0 Å². The molecule has 0 unspecified atom stereocenters. The Morgan fingerprint density at radius 3 is 2.32 bits per heavy atom. The zero-order chi connectivity index (χ0) is 17.6. The molecule has 0 spiro atoms. The van der Waals surface area contributed by atoms with E-state index < -0.39 is 0 Å². The van der Waals surface area contributed by atoms with Crippen LogP contribution in [0.3, 0.4) is 0 Å². The van der Waals surface area contributed by atoms with Gasteiger partial charge < -0.3 is 14.7 Å². The molecule has 0 bridgehead atoms. The molecule has 0 atom stereocenters. The van der Waals surface area contributed by atoms with Crippen molar-refractivity contribution >= 4 is 23.6 Å². The fraction of sp³-hybridized carbons (Fsp3) is 0.579. The van der Waals surface area contributed by atoms with E-state index in [1.54, 1.807) is 0 Å². The number of thioether (sulfide) groups is 1. The summed E-state index contributed by atoms with van der Waals surface area (Å²) >= 11 is 1.49. The minimum absolute atomic E-state index is 0.0903. The predicted octanol–water partition coefficient (Wildman–Crippen LogP) is 2.18. The monoisotopic (exact) mass is 361 g/mol. The highest BCUT2D eigenvalue weighted by atomic mass is 32.2. The summed E-state index contributed by atoms with van der Waals surface area (Å²) in [6.45, 7) is 8.37. The first-order valence-electron chi connectivity index (χ1n) is 9.20. The van der Waals surface area contributed by atoms with E-state index in [0.717, 1.165) is 69.1 Å². The minimum atomic E-state index is 0.0903. The first kappa shape index (κ1) is 18.3. The lowest BCUT2D eigenvalue weighted by Crippen LogP contribution is -2.48. The lowest BCUT2D eigenvalue weighted by atomic mass is 10.2. The Morgan fingerprint density at radius 1 is 0.960 bits per heavy atom. The zero-order valence-electron chi connectivity index (χ0n) is 14.9. The van der Waals surface area contributed by atoms with Crippen LogP contribution in [-0.4, -0.2) is 78.1 Å². The van der Waals surface area contributed by atoms with Gasteiger partial charge in [0.2, 0.25) is 5.91 Å². The summed E-state index contributed by atoms with van der Waals surface area (Å²) in [7, 11) is 0. The van der Waals surface area contributed by atoms with E-state index in [0.29, 0.717) is 5.75 Å². The predicted molar refractivity (Wildman–Crippen MR) is 101 cm³/mol. The molecule has 2 amide bonds. The minimum Gasteiger partial charge on any atom is -0.342 e. The summed E-state index contributed by atoms with van der Waals surface area (Å²) < 4.78 is 0. The number of likely N-dealkylation sites (tertiary alicyclic amines) is 1. The smallest absolute Gasteiger partial charge is 0.255 e. The maximum Gasteiger partial charge on any atom is 0.255 e. The molecule has 6 heteroatoms. The second kappa shape index (κ2) is 8.72. The SMILES string of the molecule is CCN1CCN(C(=O)c2ccccc2SCC(=O)N2CCCC2)CC1. The summed E-state index contributed by atoms with van der Waals surface area (Å²) in [5.41, 5.74) is 0.728. The van der Waals surface area contributed by atoms with Crippen LogP contribution < -0.4 is 0 Å². The maximum atomic E-state index is 12.9. The molecule has 5 nitrogen and oxygen atoms in total. The van der Waals surface area contributed by atoms with Crippen LogP contribution in [0.1, 0.15) is 30.1 Å². The van der Waals surface area contributed by atoms with Gasteiger partial charge in [-0.15, -0.1) is 11.8 Å². The van der Waals surface area contributed by atoms with E-state index in [9.17, 15) is 9.59 Å². The van der Waals surface area contributed by atoms with Crippen molar-refractivity contribution in [1.29, 1.82) is 0 Å². The fourth-order valence-corrected chi connectivity index (χ4v) is 4.35. The van der Waals surface area contributed by atoms with Gasteiger partial charge in [-0.2, -0.15) is 0 Å². The van der Waals surface area contributed by atoms with E-state index in [-0.39, 0.29) is 11.8 Å². The van der Waals surface area contributed by atoms with Gasteiger partial charge in [-0.05, 0) is 31.5 Å². The molecule has 0 N–H and O–H groups in total. The van der Waals surface area contributed by atoms with E-state index in [2.05, 4.69) is 11.8 Å². The summed E-state index contributed by atoms with van der Waals surface area (Å²) in [4.78, 5) is 32.3. The highest BCUT2D eigenvalue weighted by Gasteiger charge is 2.24. The summed E-state index contributed by atoms with van der Waals surface area (Å²) in [5, 5.41) is 0. The molecule has 136 valence electrons. The molecule has 25 heavy (non-hydrogen) atoms. The third-order valence-corrected chi connectivity index (χ3v) is 6.09. The number of carbonyl (C=O) groups excluding carboxylic acids is 2. The van der Waals surface area contributed by atoms with E-state index in [4.69, 9.17) is 0 Å². The molecule has 1 aromatic carbocycles. The van der Waals surface area contributed by atoms with Crippen LogP contribution in [-0.2, 0) is 4.79 Å². The Kier molecular flexibility index (Phi) is 6.37. The molecular weight excluding hydrogens is 334 g/mol. The second-order valence-corrected chi connectivity index (χ2v) is 7.62. The van der Waals surface area contributed by atoms with Crippen LogP contribution in [0.5, 0.6) is 0 Å². The van der Waals surface area contributed by atoms with Gasteiger partial charge in [-0.3, -0.25) is 9.59 Å². The molecule has 2 aliphatic rings. The fourth-order valence-electron chi connectivity index (χ4n) is 3.40. The Balaban J connectivity index is 1.62. The van der Waals surface area contributed by atoms with E-state index >= 15 is 0 Å². The van der Waals surface area contributed by atoms with Crippen molar-refractivity contribution in [2.75, 3.05) is 51.6 Å². The van der Waals surface area contributed by atoms with Gasteiger partial charge in [-0.1, -0.05) is 19.1 Å². The average Bonchev–Trinajstić information content (AvgIpc) is 3.21. The van der Waals surface area contributed by atoms with Crippen LogP contribution in [0.15, 0.2) is 29.2 Å². The highest BCUT2D eigenvalue weighted by Crippen LogP contribution is 2.25. The molecule has 2 heterocycles. The molecule has 0 radical (unpaired) electrons. The number of likely N-dealkylation sites (N-methyl/N-ethyl adjacent to an activating group) is 1. The van der Waals surface area contributed by atoms with Crippen molar-refractivity contribution in [1.82, 2.24) is 14.7 Å². The average molecular weight is 362 g/mol. The number of rotatable bonds is 5. The molecule has 1 aromatic rings. The molecule has 2 fully saturated rings. The van der Waals surface area contributed by atoms with Crippen LogP contribution >= 0.6 is 11.8 Å². The highest BCUT2D eigenvalue weighted by molar-refractivity contribution is 8.00. The van der Waals surface area contributed by atoms with Crippen molar-refractivity contribution in [2.24, 2.45) is 0 Å². The topological polar surface area (TPSA) is 43.9 Å². The number of carbonyl (C=O) groups is 2. The van der Waals surface area contributed by atoms with Gasteiger partial charge >= 0.3 is 0 Å². The lowest BCUT2D eigenvalue weighted by molar-refractivity contribution is -0.127. The summed E-state index contributed by atoms with van der Waals surface area (Å²) in [6.07, 6.45) is 2.21. The third-order valence-electron chi connectivity index (χ3n) is 5.03. The Labute approximate surface area is 154 Å². The molecule has 3 rings (SSSR count). The van der Waals surface area contributed by atoms with Crippen molar-refractivity contribution in [2.45, 2.75) is 24.7 Å².